The number of hydrogen-bond donors (Lipinski definition) is 2. The van der Waals surface area contributed by atoms with E-state index < -0.39 is 10.8 Å². The standard InChI is InChI=1S/C21H18N2O2S2/c1-13-17(21(24)23-15-7-9-16(10-8-15)27(2)25)12-22-20(13)19-11-14-5-3-4-6-18(14)26-19/h3-12,22H,1-2H3,(H,23,24). The largest absolute Gasteiger partial charge is 0.359 e. The fourth-order valence-electron chi connectivity index (χ4n) is 3.02. The predicted molar refractivity (Wildman–Crippen MR) is 113 cm³/mol. The summed E-state index contributed by atoms with van der Waals surface area (Å²) in [6, 6.07) is 17.4. The molecule has 0 radical (unpaired) electrons. The molecular weight excluding hydrogens is 376 g/mol. The Kier molecular flexibility index (Phi) is 4.68. The van der Waals surface area contributed by atoms with Crippen molar-refractivity contribution in [1.82, 2.24) is 4.98 Å². The van der Waals surface area contributed by atoms with E-state index in [1.807, 2.05) is 19.1 Å². The van der Waals surface area contributed by atoms with Crippen molar-refractivity contribution >= 4 is 43.8 Å². The van der Waals surface area contributed by atoms with Crippen molar-refractivity contribution < 1.29 is 9.00 Å². The van der Waals surface area contributed by atoms with Crippen LogP contribution in [0.25, 0.3) is 20.7 Å². The second kappa shape index (κ2) is 7.13. The summed E-state index contributed by atoms with van der Waals surface area (Å²) in [6.45, 7) is 1.95. The highest BCUT2D eigenvalue weighted by atomic mass is 32.2. The maximum atomic E-state index is 12.7. The van der Waals surface area contributed by atoms with Crippen molar-refractivity contribution in [2.45, 2.75) is 11.8 Å². The summed E-state index contributed by atoms with van der Waals surface area (Å²) in [5, 5.41) is 4.10. The number of thiophene rings is 1. The van der Waals surface area contributed by atoms with Gasteiger partial charge in [-0.2, -0.15) is 0 Å². The maximum Gasteiger partial charge on any atom is 0.257 e. The molecule has 0 bridgehead atoms. The molecule has 0 saturated heterocycles. The van der Waals surface area contributed by atoms with Crippen LogP contribution in [0, 0.1) is 6.92 Å². The first kappa shape index (κ1) is 17.7. The third-order valence-electron chi connectivity index (χ3n) is 4.50. The van der Waals surface area contributed by atoms with Gasteiger partial charge in [0.05, 0.1) is 16.1 Å². The number of aromatic amines is 1. The molecule has 136 valence electrons. The molecule has 1 amide bonds. The van der Waals surface area contributed by atoms with Crippen LogP contribution in [0.5, 0.6) is 0 Å². The molecule has 2 aromatic heterocycles. The summed E-state index contributed by atoms with van der Waals surface area (Å²) in [5.74, 6) is -0.165. The van der Waals surface area contributed by atoms with Gasteiger partial charge in [-0.1, -0.05) is 18.2 Å². The van der Waals surface area contributed by atoms with Crippen LogP contribution in [0.4, 0.5) is 5.69 Å². The summed E-state index contributed by atoms with van der Waals surface area (Å²) in [7, 11) is -1.03. The lowest BCUT2D eigenvalue weighted by atomic mass is 10.1. The molecule has 4 aromatic rings. The van der Waals surface area contributed by atoms with Crippen LogP contribution in [0.2, 0.25) is 0 Å². The minimum Gasteiger partial charge on any atom is -0.359 e. The van der Waals surface area contributed by atoms with Crippen LogP contribution in [0.15, 0.2) is 65.7 Å². The third-order valence-corrected chi connectivity index (χ3v) is 6.57. The van der Waals surface area contributed by atoms with E-state index in [4.69, 9.17) is 0 Å². The summed E-state index contributed by atoms with van der Waals surface area (Å²) in [6.07, 6.45) is 3.38. The highest BCUT2D eigenvalue weighted by Crippen LogP contribution is 2.35. The van der Waals surface area contributed by atoms with E-state index in [9.17, 15) is 9.00 Å². The Hall–Kier alpha value is -2.70. The van der Waals surface area contributed by atoms with Crippen molar-refractivity contribution in [2.75, 3.05) is 11.6 Å². The number of rotatable bonds is 4. The van der Waals surface area contributed by atoms with Gasteiger partial charge in [0.25, 0.3) is 5.91 Å². The minimum absolute atomic E-state index is 0.165. The number of fused-ring (bicyclic) bond motifs is 1. The Balaban J connectivity index is 1.59. The number of amides is 1. The van der Waals surface area contributed by atoms with Gasteiger partial charge in [-0.05, 0) is 54.3 Å². The molecule has 6 heteroatoms. The van der Waals surface area contributed by atoms with Gasteiger partial charge < -0.3 is 10.3 Å². The Morgan fingerprint density at radius 3 is 2.56 bits per heavy atom. The lowest BCUT2D eigenvalue weighted by Crippen LogP contribution is -2.12. The number of anilines is 1. The van der Waals surface area contributed by atoms with Gasteiger partial charge in [0.2, 0.25) is 0 Å². The first-order valence-corrected chi connectivity index (χ1v) is 10.8. The Labute approximate surface area is 163 Å². The molecule has 4 nitrogen and oxygen atoms in total. The fraction of sp³-hybridized carbons (Fsp3) is 0.0952. The minimum atomic E-state index is -1.03. The normalized spacial score (nSPS) is 12.2. The zero-order valence-corrected chi connectivity index (χ0v) is 16.5. The van der Waals surface area contributed by atoms with Gasteiger partial charge in [-0.25, -0.2) is 0 Å². The molecule has 27 heavy (non-hydrogen) atoms. The quantitative estimate of drug-likeness (QED) is 0.500. The first-order chi connectivity index (χ1) is 13.0. The van der Waals surface area contributed by atoms with Crippen molar-refractivity contribution in [3.63, 3.8) is 0 Å². The van der Waals surface area contributed by atoms with E-state index in [0.29, 0.717) is 11.3 Å². The van der Waals surface area contributed by atoms with E-state index >= 15 is 0 Å². The van der Waals surface area contributed by atoms with Gasteiger partial charge in [0, 0.05) is 38.5 Å². The smallest absolute Gasteiger partial charge is 0.257 e. The Morgan fingerprint density at radius 1 is 1.11 bits per heavy atom. The molecule has 0 aliphatic carbocycles. The van der Waals surface area contributed by atoms with Crippen LogP contribution in [0.3, 0.4) is 0 Å². The number of aromatic nitrogens is 1. The van der Waals surface area contributed by atoms with E-state index in [0.717, 1.165) is 21.0 Å². The van der Waals surface area contributed by atoms with Crippen LogP contribution >= 0.6 is 11.3 Å². The second-order valence-electron chi connectivity index (χ2n) is 6.28. The molecule has 1 atom stereocenters. The van der Waals surface area contributed by atoms with Gasteiger partial charge in [0.1, 0.15) is 0 Å². The highest BCUT2D eigenvalue weighted by molar-refractivity contribution is 7.84. The van der Waals surface area contributed by atoms with Crippen LogP contribution < -0.4 is 5.32 Å². The topological polar surface area (TPSA) is 62.0 Å². The van der Waals surface area contributed by atoms with E-state index in [1.54, 1.807) is 48.1 Å². The zero-order valence-electron chi connectivity index (χ0n) is 14.9. The third kappa shape index (κ3) is 3.46. The molecular formula is C21H18N2O2S2. The van der Waals surface area contributed by atoms with Gasteiger partial charge in [-0.15, -0.1) is 11.3 Å². The number of hydrogen-bond acceptors (Lipinski definition) is 3. The molecule has 2 heterocycles. The molecule has 0 spiro atoms. The van der Waals surface area contributed by atoms with E-state index in [1.165, 1.54) is 10.1 Å². The van der Waals surface area contributed by atoms with Crippen molar-refractivity contribution in [3.05, 3.63) is 71.9 Å². The molecule has 2 N–H and O–H groups in total. The molecule has 0 saturated carbocycles. The summed E-state index contributed by atoms with van der Waals surface area (Å²) >= 11 is 1.71. The fourth-order valence-corrected chi connectivity index (χ4v) is 4.67. The summed E-state index contributed by atoms with van der Waals surface area (Å²) in [5.41, 5.74) is 3.19. The molecule has 0 aliphatic heterocycles. The monoisotopic (exact) mass is 394 g/mol. The number of nitrogens with one attached hydrogen (secondary N) is 2. The van der Waals surface area contributed by atoms with Crippen molar-refractivity contribution in [1.29, 1.82) is 0 Å². The number of benzene rings is 2. The lowest BCUT2D eigenvalue weighted by molar-refractivity contribution is 0.102. The molecule has 0 aliphatic rings. The van der Waals surface area contributed by atoms with Crippen LogP contribution in [-0.2, 0) is 10.8 Å². The lowest BCUT2D eigenvalue weighted by Gasteiger charge is -2.06. The van der Waals surface area contributed by atoms with Crippen LogP contribution in [0.1, 0.15) is 15.9 Å². The Bertz CT molecular complexity index is 1120. The summed E-state index contributed by atoms with van der Waals surface area (Å²) < 4.78 is 12.7. The number of carbonyl (C=O) groups is 1. The summed E-state index contributed by atoms with van der Waals surface area (Å²) in [4.78, 5) is 17.8. The maximum absolute atomic E-state index is 12.7. The van der Waals surface area contributed by atoms with Crippen molar-refractivity contribution in [3.8, 4) is 10.6 Å². The average Bonchev–Trinajstić information content (AvgIpc) is 3.25. The molecule has 4 rings (SSSR count). The van der Waals surface area contributed by atoms with E-state index in [2.05, 4.69) is 28.5 Å². The number of H-pyrrole nitrogens is 1. The zero-order chi connectivity index (χ0) is 19.0. The van der Waals surface area contributed by atoms with Gasteiger partial charge >= 0.3 is 0 Å². The van der Waals surface area contributed by atoms with E-state index in [-0.39, 0.29) is 5.91 Å². The number of carbonyl (C=O) groups excluding carboxylic acids is 1. The Morgan fingerprint density at radius 2 is 1.85 bits per heavy atom. The van der Waals surface area contributed by atoms with Crippen molar-refractivity contribution in [2.24, 2.45) is 0 Å². The highest BCUT2D eigenvalue weighted by Gasteiger charge is 2.17. The van der Waals surface area contributed by atoms with Gasteiger partial charge in [0.15, 0.2) is 0 Å². The predicted octanol–water partition coefficient (Wildman–Crippen LogP) is 5.19. The molecule has 1 unspecified atom stereocenters. The molecule has 0 fully saturated rings. The average molecular weight is 395 g/mol. The SMILES string of the molecule is Cc1c(C(=O)Nc2ccc(S(C)=O)cc2)c[nH]c1-c1cc2ccccc2s1. The van der Waals surface area contributed by atoms with Gasteiger partial charge in [-0.3, -0.25) is 9.00 Å². The first-order valence-electron chi connectivity index (χ1n) is 8.44. The second-order valence-corrected chi connectivity index (χ2v) is 8.75. The van der Waals surface area contributed by atoms with Crippen LogP contribution in [-0.4, -0.2) is 21.4 Å². The molecule has 2 aromatic carbocycles.